The Labute approximate surface area is 70.0 Å². The molecule has 2 N–H and O–H groups in total. The Morgan fingerprint density at radius 1 is 1.36 bits per heavy atom. The highest BCUT2D eigenvalue weighted by Crippen LogP contribution is 2.05. The van der Waals surface area contributed by atoms with E-state index in [4.69, 9.17) is 5.11 Å². The normalized spacial score (nSPS) is 16.4. The fourth-order valence-corrected chi connectivity index (χ4v) is 1.03. The second kappa shape index (κ2) is 6.62. The second-order valence-corrected chi connectivity index (χ2v) is 3.33. The van der Waals surface area contributed by atoms with Crippen molar-refractivity contribution in [2.75, 3.05) is 6.54 Å². The van der Waals surface area contributed by atoms with Crippen molar-refractivity contribution in [2.45, 2.75) is 46.3 Å². The Hall–Kier alpha value is -0.0800. The molecule has 0 bridgehead atoms. The van der Waals surface area contributed by atoms with Crippen LogP contribution in [0.1, 0.15) is 40.0 Å². The summed E-state index contributed by atoms with van der Waals surface area (Å²) in [5, 5.41) is 11.9. The number of rotatable bonds is 6. The van der Waals surface area contributed by atoms with Gasteiger partial charge in [-0.15, -0.1) is 0 Å². The smallest absolute Gasteiger partial charge is 0.102 e. The second-order valence-electron chi connectivity index (χ2n) is 3.33. The molecule has 0 heterocycles. The van der Waals surface area contributed by atoms with Crippen LogP contribution in [-0.2, 0) is 0 Å². The predicted molar refractivity (Wildman–Crippen MR) is 48.4 cm³/mol. The molecule has 2 heteroatoms. The molecule has 0 fully saturated rings. The topological polar surface area (TPSA) is 32.3 Å². The van der Waals surface area contributed by atoms with Gasteiger partial charge in [-0.2, -0.15) is 0 Å². The molecule has 0 aliphatic rings. The van der Waals surface area contributed by atoms with Crippen LogP contribution < -0.4 is 5.32 Å². The first-order valence-corrected chi connectivity index (χ1v) is 4.58. The van der Waals surface area contributed by atoms with E-state index in [0.29, 0.717) is 5.92 Å². The van der Waals surface area contributed by atoms with Crippen LogP contribution in [-0.4, -0.2) is 17.9 Å². The molecule has 0 aromatic rings. The Kier molecular flexibility index (Phi) is 6.57. The van der Waals surface area contributed by atoms with Crippen LogP contribution >= 0.6 is 0 Å². The number of nitrogens with one attached hydrogen (secondary N) is 1. The maximum atomic E-state index is 8.92. The van der Waals surface area contributed by atoms with Crippen molar-refractivity contribution in [1.82, 2.24) is 5.32 Å². The van der Waals surface area contributed by atoms with Crippen LogP contribution in [0.25, 0.3) is 0 Å². The Bertz CT molecular complexity index is 83.6. The molecule has 0 aromatic heterocycles. The number of aliphatic hydroxyl groups excluding tert-OH is 1. The zero-order valence-corrected chi connectivity index (χ0v) is 7.93. The van der Waals surface area contributed by atoms with Crippen molar-refractivity contribution in [3.8, 4) is 0 Å². The van der Waals surface area contributed by atoms with Gasteiger partial charge in [0.15, 0.2) is 0 Å². The van der Waals surface area contributed by atoms with Crippen LogP contribution in [0.2, 0.25) is 0 Å². The van der Waals surface area contributed by atoms with Crippen molar-refractivity contribution in [3.63, 3.8) is 0 Å². The van der Waals surface area contributed by atoms with Gasteiger partial charge in [-0.3, -0.25) is 5.32 Å². The fraction of sp³-hybridized carbons (Fsp3) is 1.00. The lowest BCUT2D eigenvalue weighted by atomic mass is 10.0. The van der Waals surface area contributed by atoms with Gasteiger partial charge >= 0.3 is 0 Å². The zero-order chi connectivity index (χ0) is 8.69. The highest BCUT2D eigenvalue weighted by atomic mass is 16.3. The molecule has 0 aliphatic heterocycles. The molecule has 0 saturated heterocycles. The van der Waals surface area contributed by atoms with E-state index in [1.165, 1.54) is 19.3 Å². The SMILES string of the molecule is CCCCC(C)CNC(C)O. The molecule has 0 aliphatic carbocycles. The van der Waals surface area contributed by atoms with Crippen molar-refractivity contribution < 1.29 is 5.11 Å². The van der Waals surface area contributed by atoms with E-state index in [2.05, 4.69) is 19.2 Å². The first-order valence-electron chi connectivity index (χ1n) is 4.58. The number of hydrogen-bond acceptors (Lipinski definition) is 2. The van der Waals surface area contributed by atoms with Crippen molar-refractivity contribution in [3.05, 3.63) is 0 Å². The summed E-state index contributed by atoms with van der Waals surface area (Å²) < 4.78 is 0. The minimum absolute atomic E-state index is 0.362. The molecule has 0 aromatic carbocycles. The van der Waals surface area contributed by atoms with E-state index in [1.807, 2.05) is 0 Å². The maximum Gasteiger partial charge on any atom is 0.102 e. The standard InChI is InChI=1S/C9H21NO/c1-4-5-6-8(2)7-10-9(3)11/h8-11H,4-7H2,1-3H3. The van der Waals surface area contributed by atoms with E-state index in [-0.39, 0.29) is 6.23 Å². The van der Waals surface area contributed by atoms with Gasteiger partial charge in [0.1, 0.15) is 6.23 Å². The van der Waals surface area contributed by atoms with Gasteiger partial charge in [0.2, 0.25) is 0 Å². The lowest BCUT2D eigenvalue weighted by Crippen LogP contribution is -2.29. The van der Waals surface area contributed by atoms with Crippen LogP contribution in [0.15, 0.2) is 0 Å². The monoisotopic (exact) mass is 159 g/mol. The largest absolute Gasteiger partial charge is 0.379 e. The average Bonchev–Trinajstić information content (AvgIpc) is 1.97. The molecule has 68 valence electrons. The lowest BCUT2D eigenvalue weighted by molar-refractivity contribution is 0.150. The molecule has 2 unspecified atom stereocenters. The molecule has 0 amide bonds. The number of aliphatic hydroxyl groups is 1. The molecule has 2 atom stereocenters. The van der Waals surface area contributed by atoms with Crippen LogP contribution in [0.5, 0.6) is 0 Å². The molecule has 2 nitrogen and oxygen atoms in total. The van der Waals surface area contributed by atoms with Crippen molar-refractivity contribution in [2.24, 2.45) is 5.92 Å². The molecule has 0 radical (unpaired) electrons. The summed E-state index contributed by atoms with van der Waals surface area (Å²) >= 11 is 0. The number of hydrogen-bond donors (Lipinski definition) is 2. The van der Waals surface area contributed by atoms with Gasteiger partial charge in [0.25, 0.3) is 0 Å². The maximum absolute atomic E-state index is 8.92. The summed E-state index contributed by atoms with van der Waals surface area (Å²) in [6.45, 7) is 7.10. The fourth-order valence-electron chi connectivity index (χ4n) is 1.03. The Balaban J connectivity index is 3.15. The molecule has 0 spiro atoms. The number of unbranched alkanes of at least 4 members (excludes halogenated alkanes) is 1. The van der Waals surface area contributed by atoms with Crippen LogP contribution in [0.3, 0.4) is 0 Å². The van der Waals surface area contributed by atoms with Crippen molar-refractivity contribution >= 4 is 0 Å². The molecule has 0 saturated carbocycles. The zero-order valence-electron chi connectivity index (χ0n) is 7.93. The lowest BCUT2D eigenvalue weighted by Gasteiger charge is -2.13. The molecule has 11 heavy (non-hydrogen) atoms. The van der Waals surface area contributed by atoms with Crippen LogP contribution in [0, 0.1) is 5.92 Å². The van der Waals surface area contributed by atoms with Gasteiger partial charge < -0.3 is 5.11 Å². The van der Waals surface area contributed by atoms with E-state index in [1.54, 1.807) is 6.92 Å². The Morgan fingerprint density at radius 2 is 2.00 bits per heavy atom. The van der Waals surface area contributed by atoms with E-state index in [0.717, 1.165) is 6.54 Å². The first kappa shape index (κ1) is 10.9. The molecule has 0 rings (SSSR count). The highest BCUT2D eigenvalue weighted by molar-refractivity contribution is 4.56. The summed E-state index contributed by atoms with van der Waals surface area (Å²) in [6.07, 6.45) is 3.46. The average molecular weight is 159 g/mol. The minimum atomic E-state index is -0.362. The predicted octanol–water partition coefficient (Wildman–Crippen LogP) is 1.74. The summed E-state index contributed by atoms with van der Waals surface area (Å²) in [5.74, 6) is 0.685. The third-order valence-corrected chi connectivity index (χ3v) is 1.81. The quantitative estimate of drug-likeness (QED) is 0.579. The summed E-state index contributed by atoms with van der Waals surface area (Å²) in [4.78, 5) is 0. The molecular formula is C9H21NO. The van der Waals surface area contributed by atoms with E-state index >= 15 is 0 Å². The van der Waals surface area contributed by atoms with Gasteiger partial charge in [-0.1, -0.05) is 26.7 Å². The van der Waals surface area contributed by atoms with Gasteiger partial charge in [0.05, 0.1) is 0 Å². The summed E-state index contributed by atoms with van der Waals surface area (Å²) in [6, 6.07) is 0. The van der Waals surface area contributed by atoms with Gasteiger partial charge in [0, 0.05) is 6.54 Å². The minimum Gasteiger partial charge on any atom is -0.379 e. The van der Waals surface area contributed by atoms with E-state index < -0.39 is 0 Å². The summed E-state index contributed by atoms with van der Waals surface area (Å²) in [5.41, 5.74) is 0. The van der Waals surface area contributed by atoms with E-state index in [9.17, 15) is 0 Å². The first-order chi connectivity index (χ1) is 5.16. The third kappa shape index (κ3) is 7.82. The Morgan fingerprint density at radius 3 is 2.45 bits per heavy atom. The molecular weight excluding hydrogens is 138 g/mol. The van der Waals surface area contributed by atoms with Gasteiger partial charge in [-0.05, 0) is 19.3 Å². The summed E-state index contributed by atoms with van der Waals surface area (Å²) in [7, 11) is 0. The van der Waals surface area contributed by atoms with Gasteiger partial charge in [-0.25, -0.2) is 0 Å². The van der Waals surface area contributed by atoms with Crippen LogP contribution in [0.4, 0.5) is 0 Å². The third-order valence-electron chi connectivity index (χ3n) is 1.81. The van der Waals surface area contributed by atoms with Crippen molar-refractivity contribution in [1.29, 1.82) is 0 Å². The highest BCUT2D eigenvalue weighted by Gasteiger charge is 2.01.